The second-order valence-corrected chi connectivity index (χ2v) is 7.24. The second kappa shape index (κ2) is 5.70. The third kappa shape index (κ3) is 2.63. The van der Waals surface area contributed by atoms with Crippen LogP contribution in [0.25, 0.3) is 0 Å². The number of ether oxygens (including phenoxy) is 1. The normalized spacial score (nSPS) is 31.9. The van der Waals surface area contributed by atoms with Gasteiger partial charge in [-0.05, 0) is 50.8 Å². The van der Waals surface area contributed by atoms with Gasteiger partial charge in [0.1, 0.15) is 0 Å². The first-order chi connectivity index (χ1) is 9.63. The molecular weight excluding hydrogens is 270 g/mol. The lowest BCUT2D eigenvalue weighted by Crippen LogP contribution is -2.43. The summed E-state index contributed by atoms with van der Waals surface area (Å²) in [6, 6.07) is 2.24. The molecule has 3 heterocycles. The molecule has 3 rings (SSSR count). The van der Waals surface area contributed by atoms with Gasteiger partial charge in [-0.2, -0.15) is 16.9 Å². The fourth-order valence-electron chi connectivity index (χ4n) is 3.56. The van der Waals surface area contributed by atoms with Gasteiger partial charge in [-0.3, -0.25) is 4.68 Å². The molecule has 3 unspecified atom stereocenters. The monoisotopic (exact) mass is 295 g/mol. The molecule has 0 saturated carbocycles. The number of hydrogen-bond donors (Lipinski definition) is 1. The minimum absolute atomic E-state index is 0.0857. The van der Waals surface area contributed by atoms with E-state index < -0.39 is 0 Å². The van der Waals surface area contributed by atoms with Gasteiger partial charge >= 0.3 is 0 Å². The summed E-state index contributed by atoms with van der Waals surface area (Å²) in [7, 11) is 0. The molecular formula is C15H25N3OS. The van der Waals surface area contributed by atoms with Gasteiger partial charge in [0.05, 0.1) is 17.0 Å². The topological polar surface area (TPSA) is 53.1 Å². The maximum Gasteiger partial charge on any atom is 0.0783 e. The Balaban J connectivity index is 1.77. The molecule has 2 saturated heterocycles. The van der Waals surface area contributed by atoms with Crippen LogP contribution in [-0.2, 0) is 11.3 Å². The summed E-state index contributed by atoms with van der Waals surface area (Å²) in [4.78, 5) is 0. The highest BCUT2D eigenvalue weighted by Gasteiger charge is 2.42. The summed E-state index contributed by atoms with van der Waals surface area (Å²) in [6.07, 6.45) is 3.36. The standard InChI is InChI=1S/C15H25N3OS/c1-3-18-13(8-11(2)17-18)14(16)12-4-6-19-15(9-12)5-7-20-10-15/h8,12,14H,3-7,9-10,16H2,1-2H3. The summed E-state index contributed by atoms with van der Waals surface area (Å²) >= 11 is 2.02. The first-order valence-corrected chi connectivity index (χ1v) is 8.81. The summed E-state index contributed by atoms with van der Waals surface area (Å²) in [5.74, 6) is 2.89. The van der Waals surface area contributed by atoms with Gasteiger partial charge < -0.3 is 10.5 Å². The van der Waals surface area contributed by atoms with Crippen LogP contribution in [0, 0.1) is 12.8 Å². The lowest BCUT2D eigenvalue weighted by atomic mass is 9.80. The Bertz CT molecular complexity index is 468. The average molecular weight is 295 g/mol. The van der Waals surface area contributed by atoms with E-state index in [4.69, 9.17) is 10.5 Å². The predicted octanol–water partition coefficient (Wildman–Crippen LogP) is 2.51. The van der Waals surface area contributed by atoms with Gasteiger partial charge in [-0.15, -0.1) is 0 Å². The van der Waals surface area contributed by atoms with Crippen LogP contribution in [0.2, 0.25) is 0 Å². The Morgan fingerprint density at radius 1 is 1.65 bits per heavy atom. The van der Waals surface area contributed by atoms with Crippen LogP contribution in [0.5, 0.6) is 0 Å². The molecule has 0 aliphatic carbocycles. The average Bonchev–Trinajstić information content (AvgIpc) is 3.05. The first-order valence-electron chi connectivity index (χ1n) is 7.65. The second-order valence-electron chi connectivity index (χ2n) is 6.14. The predicted molar refractivity (Wildman–Crippen MR) is 82.9 cm³/mol. The van der Waals surface area contributed by atoms with Gasteiger partial charge in [0.25, 0.3) is 0 Å². The van der Waals surface area contributed by atoms with E-state index >= 15 is 0 Å². The zero-order valence-corrected chi connectivity index (χ0v) is 13.3. The zero-order valence-electron chi connectivity index (χ0n) is 12.5. The van der Waals surface area contributed by atoms with Crippen molar-refractivity contribution >= 4 is 11.8 Å². The van der Waals surface area contributed by atoms with Crippen LogP contribution >= 0.6 is 11.8 Å². The van der Waals surface area contributed by atoms with E-state index in [2.05, 4.69) is 22.8 Å². The number of hydrogen-bond acceptors (Lipinski definition) is 4. The third-order valence-electron chi connectivity index (χ3n) is 4.68. The smallest absolute Gasteiger partial charge is 0.0783 e. The Hall–Kier alpha value is -0.520. The highest BCUT2D eigenvalue weighted by Crippen LogP contribution is 2.43. The minimum Gasteiger partial charge on any atom is -0.374 e. The first kappa shape index (κ1) is 14.4. The summed E-state index contributed by atoms with van der Waals surface area (Å²) in [5.41, 5.74) is 8.95. The summed E-state index contributed by atoms with van der Waals surface area (Å²) < 4.78 is 8.17. The van der Waals surface area contributed by atoms with E-state index in [1.165, 1.54) is 17.9 Å². The van der Waals surface area contributed by atoms with Crippen LogP contribution < -0.4 is 5.73 Å². The van der Waals surface area contributed by atoms with E-state index in [0.717, 1.165) is 37.4 Å². The van der Waals surface area contributed by atoms with Crippen molar-refractivity contribution in [1.82, 2.24) is 9.78 Å². The Kier molecular flexibility index (Phi) is 4.11. The Labute approximate surface area is 125 Å². The largest absolute Gasteiger partial charge is 0.374 e. The fourth-order valence-corrected chi connectivity index (χ4v) is 4.94. The summed E-state index contributed by atoms with van der Waals surface area (Å²) in [5, 5.41) is 4.54. The van der Waals surface area contributed by atoms with Crippen LogP contribution in [-0.4, -0.2) is 33.5 Å². The molecule has 5 heteroatoms. The molecule has 1 aromatic heterocycles. The van der Waals surface area contributed by atoms with Crippen molar-refractivity contribution in [3.05, 3.63) is 17.5 Å². The van der Waals surface area contributed by atoms with Crippen molar-refractivity contribution in [1.29, 1.82) is 0 Å². The van der Waals surface area contributed by atoms with Gasteiger partial charge in [0.2, 0.25) is 0 Å². The number of aryl methyl sites for hydroxylation is 2. The molecule has 2 aliphatic heterocycles. The highest BCUT2D eigenvalue weighted by atomic mass is 32.2. The Morgan fingerprint density at radius 2 is 2.50 bits per heavy atom. The number of nitrogens with two attached hydrogens (primary N) is 1. The molecule has 112 valence electrons. The van der Waals surface area contributed by atoms with E-state index in [9.17, 15) is 0 Å². The van der Waals surface area contributed by atoms with E-state index in [-0.39, 0.29) is 11.6 Å². The molecule has 1 aromatic rings. The minimum atomic E-state index is 0.0857. The molecule has 0 radical (unpaired) electrons. The maximum atomic E-state index is 6.59. The van der Waals surface area contributed by atoms with Crippen LogP contribution in [0.15, 0.2) is 6.07 Å². The van der Waals surface area contributed by atoms with Gasteiger partial charge in [-0.1, -0.05) is 0 Å². The molecule has 20 heavy (non-hydrogen) atoms. The zero-order chi connectivity index (χ0) is 14.2. The maximum absolute atomic E-state index is 6.59. The van der Waals surface area contributed by atoms with Crippen molar-refractivity contribution < 1.29 is 4.74 Å². The highest BCUT2D eigenvalue weighted by molar-refractivity contribution is 7.99. The molecule has 3 atom stereocenters. The van der Waals surface area contributed by atoms with Crippen molar-refractivity contribution in [2.45, 2.75) is 51.3 Å². The number of nitrogens with zero attached hydrogens (tertiary/aromatic N) is 2. The SMILES string of the molecule is CCn1nc(C)cc1C(N)C1CCOC2(CCSC2)C1. The third-order valence-corrected chi connectivity index (χ3v) is 5.90. The fraction of sp³-hybridized carbons (Fsp3) is 0.800. The van der Waals surface area contributed by atoms with E-state index in [1.54, 1.807) is 0 Å². The van der Waals surface area contributed by atoms with Gasteiger partial charge in [-0.25, -0.2) is 0 Å². The molecule has 0 bridgehead atoms. The quantitative estimate of drug-likeness (QED) is 0.931. The molecule has 0 aromatic carbocycles. The lowest BCUT2D eigenvalue weighted by molar-refractivity contribution is -0.0837. The van der Waals surface area contributed by atoms with Crippen molar-refractivity contribution in [3.8, 4) is 0 Å². The van der Waals surface area contributed by atoms with Crippen molar-refractivity contribution in [2.24, 2.45) is 11.7 Å². The molecule has 1 spiro atoms. The number of rotatable bonds is 3. The van der Waals surface area contributed by atoms with Gasteiger partial charge in [0.15, 0.2) is 0 Å². The van der Waals surface area contributed by atoms with Crippen LogP contribution in [0.4, 0.5) is 0 Å². The summed E-state index contributed by atoms with van der Waals surface area (Å²) in [6.45, 7) is 5.92. The Morgan fingerprint density at radius 3 is 3.20 bits per heavy atom. The van der Waals surface area contributed by atoms with Crippen molar-refractivity contribution in [2.75, 3.05) is 18.1 Å². The van der Waals surface area contributed by atoms with E-state index in [0.29, 0.717) is 5.92 Å². The van der Waals surface area contributed by atoms with Crippen LogP contribution in [0.1, 0.15) is 43.6 Å². The number of thioether (sulfide) groups is 1. The van der Waals surface area contributed by atoms with E-state index in [1.807, 2.05) is 18.7 Å². The van der Waals surface area contributed by atoms with Gasteiger partial charge in [0, 0.05) is 24.9 Å². The van der Waals surface area contributed by atoms with Crippen molar-refractivity contribution in [3.63, 3.8) is 0 Å². The molecule has 2 fully saturated rings. The lowest BCUT2D eigenvalue weighted by Gasteiger charge is -2.40. The van der Waals surface area contributed by atoms with Crippen LogP contribution in [0.3, 0.4) is 0 Å². The molecule has 0 amide bonds. The number of aromatic nitrogens is 2. The molecule has 2 aliphatic rings. The molecule has 4 nitrogen and oxygen atoms in total. The molecule has 2 N–H and O–H groups in total.